The lowest BCUT2D eigenvalue weighted by molar-refractivity contribution is -0.159. The molecule has 1 atom stereocenters. The number of ether oxygens (including phenoxy) is 1. The Balaban J connectivity index is 1.70. The van der Waals surface area contributed by atoms with Gasteiger partial charge in [0.2, 0.25) is 5.91 Å². The summed E-state index contributed by atoms with van der Waals surface area (Å²) < 4.78 is 5.46. The summed E-state index contributed by atoms with van der Waals surface area (Å²) in [5, 5.41) is 0.604. The van der Waals surface area contributed by atoms with Crippen molar-refractivity contribution in [2.45, 2.75) is 44.3 Å². The molecule has 152 valence electrons. The van der Waals surface area contributed by atoms with Crippen LogP contribution >= 0.6 is 11.6 Å². The number of methoxy groups -OCH3 is 1. The maximum Gasteiger partial charge on any atom is 0.250 e. The standard InChI is InChI=1S/C23H25ClN2O3/c1-29-20-9-5-2-6-17(20)14-26-21(27)15-25(19-7-3-4-8-19)23(28)22(26)16-10-12-18(24)13-11-16/h2,5-6,9-13,19,22H,3-4,7-8,14-15H2,1H3/t22-/m0/s1. The highest BCUT2D eigenvalue weighted by atomic mass is 35.5. The van der Waals surface area contributed by atoms with E-state index in [-0.39, 0.29) is 24.4 Å². The number of para-hydroxylation sites is 1. The molecule has 1 heterocycles. The first kappa shape index (κ1) is 19.8. The molecule has 0 radical (unpaired) electrons. The van der Waals surface area contributed by atoms with Crippen LogP contribution in [0.15, 0.2) is 48.5 Å². The molecular weight excluding hydrogens is 388 g/mol. The van der Waals surface area contributed by atoms with Gasteiger partial charge in [-0.25, -0.2) is 0 Å². The van der Waals surface area contributed by atoms with Crippen LogP contribution in [0.3, 0.4) is 0 Å². The fourth-order valence-corrected chi connectivity index (χ4v) is 4.56. The molecule has 0 bridgehead atoms. The molecule has 0 N–H and O–H groups in total. The lowest BCUT2D eigenvalue weighted by atomic mass is 9.98. The number of halogens is 1. The van der Waals surface area contributed by atoms with Crippen LogP contribution in [0.1, 0.15) is 42.9 Å². The molecule has 2 aromatic rings. The van der Waals surface area contributed by atoms with Crippen LogP contribution in [-0.4, -0.2) is 41.3 Å². The van der Waals surface area contributed by atoms with Gasteiger partial charge in [-0.15, -0.1) is 0 Å². The van der Waals surface area contributed by atoms with E-state index in [4.69, 9.17) is 16.3 Å². The lowest BCUT2D eigenvalue weighted by Crippen LogP contribution is -2.57. The van der Waals surface area contributed by atoms with Gasteiger partial charge < -0.3 is 14.5 Å². The van der Waals surface area contributed by atoms with Gasteiger partial charge in [0.15, 0.2) is 0 Å². The van der Waals surface area contributed by atoms with Gasteiger partial charge in [-0.3, -0.25) is 9.59 Å². The number of benzene rings is 2. The largest absolute Gasteiger partial charge is 0.496 e. The van der Waals surface area contributed by atoms with Crippen molar-refractivity contribution in [3.05, 3.63) is 64.7 Å². The van der Waals surface area contributed by atoms with Crippen LogP contribution in [-0.2, 0) is 16.1 Å². The lowest BCUT2D eigenvalue weighted by Gasteiger charge is -2.43. The third-order valence-electron chi connectivity index (χ3n) is 5.94. The van der Waals surface area contributed by atoms with Crippen molar-refractivity contribution in [1.29, 1.82) is 0 Å². The molecule has 1 saturated carbocycles. The minimum Gasteiger partial charge on any atom is -0.496 e. The van der Waals surface area contributed by atoms with E-state index in [1.54, 1.807) is 29.0 Å². The van der Waals surface area contributed by atoms with E-state index in [2.05, 4.69) is 0 Å². The molecule has 5 nitrogen and oxygen atoms in total. The van der Waals surface area contributed by atoms with Crippen molar-refractivity contribution in [2.24, 2.45) is 0 Å². The van der Waals surface area contributed by atoms with Gasteiger partial charge in [-0.05, 0) is 36.6 Å². The highest BCUT2D eigenvalue weighted by molar-refractivity contribution is 6.30. The second-order valence-electron chi connectivity index (χ2n) is 7.69. The average Bonchev–Trinajstić information content (AvgIpc) is 3.26. The molecule has 1 aliphatic heterocycles. The zero-order valence-corrected chi connectivity index (χ0v) is 17.3. The molecule has 2 aromatic carbocycles. The summed E-state index contributed by atoms with van der Waals surface area (Å²) in [6, 6.07) is 14.3. The van der Waals surface area contributed by atoms with Crippen LogP contribution in [0.25, 0.3) is 0 Å². The molecular formula is C23H25ClN2O3. The summed E-state index contributed by atoms with van der Waals surface area (Å²) in [7, 11) is 1.61. The Hall–Kier alpha value is -2.53. The first-order valence-electron chi connectivity index (χ1n) is 10.1. The second kappa shape index (κ2) is 8.46. The van der Waals surface area contributed by atoms with Crippen molar-refractivity contribution in [1.82, 2.24) is 9.80 Å². The first-order chi connectivity index (χ1) is 14.1. The zero-order chi connectivity index (χ0) is 20.4. The van der Waals surface area contributed by atoms with Gasteiger partial charge in [-0.1, -0.05) is 54.8 Å². The number of hydrogen-bond acceptors (Lipinski definition) is 3. The van der Waals surface area contributed by atoms with E-state index in [9.17, 15) is 9.59 Å². The number of piperazine rings is 1. The number of rotatable bonds is 5. The number of nitrogens with zero attached hydrogens (tertiary/aromatic N) is 2. The number of carbonyl (C=O) groups excluding carboxylic acids is 2. The third-order valence-corrected chi connectivity index (χ3v) is 6.19. The third kappa shape index (κ3) is 3.97. The summed E-state index contributed by atoms with van der Waals surface area (Å²) >= 11 is 6.06. The molecule has 0 aromatic heterocycles. The van der Waals surface area contributed by atoms with E-state index >= 15 is 0 Å². The Bertz CT molecular complexity index is 893. The quantitative estimate of drug-likeness (QED) is 0.739. The van der Waals surface area contributed by atoms with Gasteiger partial charge in [0.25, 0.3) is 5.91 Å². The smallest absolute Gasteiger partial charge is 0.250 e. The van der Waals surface area contributed by atoms with Crippen molar-refractivity contribution in [3.63, 3.8) is 0 Å². The summed E-state index contributed by atoms with van der Waals surface area (Å²) in [6.45, 7) is 0.461. The van der Waals surface area contributed by atoms with Crippen molar-refractivity contribution in [3.8, 4) is 5.75 Å². The van der Waals surface area contributed by atoms with Crippen LogP contribution in [0.2, 0.25) is 5.02 Å². The molecule has 2 fully saturated rings. The van der Waals surface area contributed by atoms with Gasteiger partial charge in [-0.2, -0.15) is 0 Å². The van der Waals surface area contributed by atoms with Crippen LogP contribution in [0.5, 0.6) is 5.75 Å². The second-order valence-corrected chi connectivity index (χ2v) is 8.13. The molecule has 0 unspecified atom stereocenters. The first-order valence-corrected chi connectivity index (χ1v) is 10.4. The van der Waals surface area contributed by atoms with Gasteiger partial charge in [0.1, 0.15) is 18.3 Å². The van der Waals surface area contributed by atoms with Crippen molar-refractivity contribution in [2.75, 3.05) is 13.7 Å². The van der Waals surface area contributed by atoms with Crippen LogP contribution in [0, 0.1) is 0 Å². The van der Waals surface area contributed by atoms with Gasteiger partial charge >= 0.3 is 0 Å². The van der Waals surface area contributed by atoms with Crippen molar-refractivity contribution >= 4 is 23.4 Å². The van der Waals surface area contributed by atoms with E-state index in [1.165, 1.54) is 0 Å². The fourth-order valence-electron chi connectivity index (χ4n) is 4.44. The molecule has 6 heteroatoms. The Morgan fingerprint density at radius 3 is 2.41 bits per heavy atom. The van der Waals surface area contributed by atoms with Crippen LogP contribution in [0.4, 0.5) is 0 Å². The Morgan fingerprint density at radius 2 is 1.72 bits per heavy atom. The normalized spacial score (nSPS) is 20.4. The van der Waals surface area contributed by atoms with Gasteiger partial charge in [0, 0.05) is 16.6 Å². The maximum absolute atomic E-state index is 13.6. The highest BCUT2D eigenvalue weighted by Gasteiger charge is 2.43. The maximum atomic E-state index is 13.6. The summed E-state index contributed by atoms with van der Waals surface area (Å²) in [5.41, 5.74) is 1.66. The molecule has 4 rings (SSSR count). The fraction of sp³-hybridized carbons (Fsp3) is 0.391. The molecule has 29 heavy (non-hydrogen) atoms. The molecule has 2 amide bonds. The van der Waals surface area contributed by atoms with E-state index in [0.717, 1.165) is 36.8 Å². The molecule has 0 spiro atoms. The number of hydrogen-bond donors (Lipinski definition) is 0. The van der Waals surface area contributed by atoms with Gasteiger partial charge in [0.05, 0.1) is 13.7 Å². The zero-order valence-electron chi connectivity index (χ0n) is 16.5. The van der Waals surface area contributed by atoms with E-state index in [1.807, 2.05) is 36.4 Å². The number of carbonyl (C=O) groups is 2. The Morgan fingerprint density at radius 1 is 1.03 bits per heavy atom. The summed E-state index contributed by atoms with van der Waals surface area (Å²) in [5.74, 6) is 0.664. The monoisotopic (exact) mass is 412 g/mol. The summed E-state index contributed by atoms with van der Waals surface area (Å²) in [6.07, 6.45) is 4.16. The molecule has 2 aliphatic rings. The summed E-state index contributed by atoms with van der Waals surface area (Å²) in [4.78, 5) is 30.3. The predicted octanol–water partition coefficient (Wildman–Crippen LogP) is 4.20. The highest BCUT2D eigenvalue weighted by Crippen LogP contribution is 2.35. The Kier molecular flexibility index (Phi) is 5.76. The number of amides is 2. The predicted molar refractivity (Wildman–Crippen MR) is 112 cm³/mol. The minimum absolute atomic E-state index is 0.00581. The SMILES string of the molecule is COc1ccccc1CN1C(=O)CN(C2CCCC2)C(=O)[C@@H]1c1ccc(Cl)cc1. The minimum atomic E-state index is -0.654. The average molecular weight is 413 g/mol. The topological polar surface area (TPSA) is 49.9 Å². The van der Waals surface area contributed by atoms with E-state index in [0.29, 0.717) is 17.3 Å². The molecule has 1 saturated heterocycles. The Labute approximate surface area is 176 Å². The molecule has 1 aliphatic carbocycles. The van der Waals surface area contributed by atoms with Crippen LogP contribution < -0.4 is 4.74 Å². The van der Waals surface area contributed by atoms with Crippen molar-refractivity contribution < 1.29 is 14.3 Å². The van der Waals surface area contributed by atoms with E-state index < -0.39 is 6.04 Å².